The lowest BCUT2D eigenvalue weighted by Gasteiger charge is -2.12. The molecule has 0 radical (unpaired) electrons. The van der Waals surface area contributed by atoms with Crippen molar-refractivity contribution in [2.24, 2.45) is 5.10 Å². The minimum absolute atomic E-state index is 0.0341. The number of carbonyl (C=O) groups excluding carboxylic acids is 2. The van der Waals surface area contributed by atoms with Crippen LogP contribution in [0.25, 0.3) is 0 Å². The second-order valence-electron chi connectivity index (χ2n) is 6.38. The standard InChI is InChI=1S/C22H27N3O4/c1-4-14-29-22-17(9-7-11-19(22)28-3)15-23-25-21(27)13-12-20(26)24-18-10-6-5-8-16(18)2/h5-11,15H,4,12-14H2,1-3H3,(H,24,26)(H,25,27). The fraction of sp³-hybridized carbons (Fsp3) is 0.318. The Morgan fingerprint density at radius 2 is 1.83 bits per heavy atom. The van der Waals surface area contributed by atoms with Crippen molar-refractivity contribution in [1.29, 1.82) is 0 Å². The Kier molecular flexibility index (Phi) is 8.69. The van der Waals surface area contributed by atoms with Crippen molar-refractivity contribution in [2.75, 3.05) is 19.0 Å². The van der Waals surface area contributed by atoms with Gasteiger partial charge in [0.15, 0.2) is 11.5 Å². The molecular formula is C22H27N3O4. The number of methoxy groups -OCH3 is 1. The van der Waals surface area contributed by atoms with Crippen LogP contribution in [-0.2, 0) is 9.59 Å². The first-order valence-corrected chi connectivity index (χ1v) is 9.52. The van der Waals surface area contributed by atoms with Crippen LogP contribution in [0.4, 0.5) is 5.69 Å². The molecule has 0 aromatic heterocycles. The molecule has 2 aromatic rings. The number of nitrogens with zero attached hydrogens (tertiary/aromatic N) is 1. The van der Waals surface area contributed by atoms with Gasteiger partial charge in [0.25, 0.3) is 0 Å². The zero-order chi connectivity index (χ0) is 21.1. The first kappa shape index (κ1) is 21.9. The number of aryl methyl sites for hydroxylation is 1. The summed E-state index contributed by atoms with van der Waals surface area (Å²) in [6.45, 7) is 4.47. The van der Waals surface area contributed by atoms with Crippen LogP contribution in [0, 0.1) is 6.92 Å². The van der Waals surface area contributed by atoms with Crippen LogP contribution < -0.4 is 20.2 Å². The number of hydrogen-bond donors (Lipinski definition) is 2. The van der Waals surface area contributed by atoms with E-state index in [2.05, 4.69) is 15.8 Å². The van der Waals surface area contributed by atoms with Gasteiger partial charge in [-0.25, -0.2) is 5.43 Å². The maximum absolute atomic E-state index is 12.0. The number of hydrazone groups is 1. The third kappa shape index (κ3) is 6.95. The van der Waals surface area contributed by atoms with Crippen LogP contribution in [0.1, 0.15) is 37.3 Å². The molecule has 0 saturated heterocycles. The predicted molar refractivity (Wildman–Crippen MR) is 114 cm³/mol. The van der Waals surface area contributed by atoms with E-state index in [9.17, 15) is 9.59 Å². The van der Waals surface area contributed by atoms with Gasteiger partial charge >= 0.3 is 0 Å². The quantitative estimate of drug-likeness (QED) is 0.473. The topological polar surface area (TPSA) is 89.0 Å². The highest BCUT2D eigenvalue weighted by atomic mass is 16.5. The van der Waals surface area contributed by atoms with E-state index in [0.29, 0.717) is 23.7 Å². The summed E-state index contributed by atoms with van der Waals surface area (Å²) in [5.74, 6) is 0.607. The molecule has 7 heteroatoms. The molecule has 0 aliphatic rings. The molecule has 0 atom stereocenters. The number of anilines is 1. The molecule has 2 N–H and O–H groups in total. The summed E-state index contributed by atoms with van der Waals surface area (Å²) in [5.41, 5.74) is 4.84. The molecule has 2 rings (SSSR count). The molecule has 0 heterocycles. The second kappa shape index (κ2) is 11.5. The SMILES string of the molecule is CCCOc1c(C=NNC(=O)CCC(=O)Nc2ccccc2C)cccc1OC. The Balaban J connectivity index is 1.86. The van der Waals surface area contributed by atoms with E-state index in [1.54, 1.807) is 13.2 Å². The van der Waals surface area contributed by atoms with Crippen molar-refractivity contribution in [3.63, 3.8) is 0 Å². The van der Waals surface area contributed by atoms with E-state index in [0.717, 1.165) is 17.7 Å². The Bertz CT molecular complexity index is 865. The average Bonchev–Trinajstić information content (AvgIpc) is 2.72. The number of para-hydroxylation sites is 2. The summed E-state index contributed by atoms with van der Waals surface area (Å²) in [4.78, 5) is 24.0. The molecular weight excluding hydrogens is 370 g/mol. The van der Waals surface area contributed by atoms with Crippen LogP contribution >= 0.6 is 0 Å². The molecule has 0 fully saturated rings. The van der Waals surface area contributed by atoms with Crippen molar-refractivity contribution in [3.8, 4) is 11.5 Å². The normalized spacial score (nSPS) is 10.6. The van der Waals surface area contributed by atoms with Crippen LogP contribution in [-0.4, -0.2) is 31.7 Å². The van der Waals surface area contributed by atoms with Crippen molar-refractivity contribution in [2.45, 2.75) is 33.1 Å². The first-order valence-electron chi connectivity index (χ1n) is 9.52. The van der Waals surface area contributed by atoms with E-state index in [4.69, 9.17) is 9.47 Å². The van der Waals surface area contributed by atoms with Gasteiger partial charge in [-0.1, -0.05) is 31.2 Å². The van der Waals surface area contributed by atoms with Gasteiger partial charge in [-0.2, -0.15) is 5.10 Å². The summed E-state index contributed by atoms with van der Waals surface area (Å²) in [5, 5.41) is 6.77. The van der Waals surface area contributed by atoms with Gasteiger partial charge in [0, 0.05) is 24.1 Å². The lowest BCUT2D eigenvalue weighted by atomic mass is 10.2. The molecule has 0 saturated carbocycles. The van der Waals surface area contributed by atoms with E-state index in [1.807, 2.05) is 50.2 Å². The summed E-state index contributed by atoms with van der Waals surface area (Å²) in [6.07, 6.45) is 2.46. The summed E-state index contributed by atoms with van der Waals surface area (Å²) in [7, 11) is 1.57. The number of benzene rings is 2. The molecule has 0 bridgehead atoms. The molecule has 7 nitrogen and oxygen atoms in total. The number of rotatable bonds is 10. The minimum atomic E-state index is -0.347. The predicted octanol–water partition coefficient (Wildman–Crippen LogP) is 3.66. The minimum Gasteiger partial charge on any atom is -0.493 e. The largest absolute Gasteiger partial charge is 0.493 e. The average molecular weight is 397 g/mol. The molecule has 0 spiro atoms. The Morgan fingerprint density at radius 3 is 2.55 bits per heavy atom. The summed E-state index contributed by atoms with van der Waals surface area (Å²) >= 11 is 0. The van der Waals surface area contributed by atoms with E-state index in [-0.39, 0.29) is 24.7 Å². The van der Waals surface area contributed by atoms with Crippen molar-refractivity contribution >= 4 is 23.7 Å². The van der Waals surface area contributed by atoms with E-state index >= 15 is 0 Å². The van der Waals surface area contributed by atoms with Crippen LogP contribution in [0.2, 0.25) is 0 Å². The number of amides is 2. The number of ether oxygens (including phenoxy) is 2. The monoisotopic (exact) mass is 397 g/mol. The molecule has 154 valence electrons. The van der Waals surface area contributed by atoms with Crippen LogP contribution in [0.3, 0.4) is 0 Å². The Morgan fingerprint density at radius 1 is 1.07 bits per heavy atom. The Labute approximate surface area is 171 Å². The number of hydrogen-bond acceptors (Lipinski definition) is 5. The van der Waals surface area contributed by atoms with Crippen LogP contribution in [0.5, 0.6) is 11.5 Å². The van der Waals surface area contributed by atoms with Gasteiger partial charge < -0.3 is 14.8 Å². The highest BCUT2D eigenvalue weighted by molar-refractivity contribution is 5.94. The fourth-order valence-corrected chi connectivity index (χ4v) is 2.54. The van der Waals surface area contributed by atoms with E-state index < -0.39 is 0 Å². The lowest BCUT2D eigenvalue weighted by Crippen LogP contribution is -2.21. The molecule has 2 amide bonds. The molecule has 0 aliphatic carbocycles. The second-order valence-corrected chi connectivity index (χ2v) is 6.38. The maximum Gasteiger partial charge on any atom is 0.240 e. The van der Waals surface area contributed by atoms with Gasteiger partial charge in [0.2, 0.25) is 11.8 Å². The molecule has 2 aromatic carbocycles. The third-order valence-corrected chi connectivity index (χ3v) is 4.07. The van der Waals surface area contributed by atoms with Gasteiger partial charge in [0.05, 0.1) is 19.9 Å². The van der Waals surface area contributed by atoms with Crippen molar-refractivity contribution < 1.29 is 19.1 Å². The Hall–Kier alpha value is -3.35. The van der Waals surface area contributed by atoms with Gasteiger partial charge in [-0.3, -0.25) is 9.59 Å². The number of carbonyl (C=O) groups is 2. The van der Waals surface area contributed by atoms with E-state index in [1.165, 1.54) is 6.21 Å². The van der Waals surface area contributed by atoms with Gasteiger partial charge in [-0.15, -0.1) is 0 Å². The lowest BCUT2D eigenvalue weighted by molar-refractivity contribution is -0.124. The highest BCUT2D eigenvalue weighted by Gasteiger charge is 2.10. The van der Waals surface area contributed by atoms with Crippen molar-refractivity contribution in [1.82, 2.24) is 5.43 Å². The molecule has 29 heavy (non-hydrogen) atoms. The van der Waals surface area contributed by atoms with Gasteiger partial charge in [-0.05, 0) is 37.1 Å². The highest BCUT2D eigenvalue weighted by Crippen LogP contribution is 2.30. The zero-order valence-electron chi connectivity index (χ0n) is 17.0. The van der Waals surface area contributed by atoms with Crippen LogP contribution in [0.15, 0.2) is 47.6 Å². The fourth-order valence-electron chi connectivity index (χ4n) is 2.54. The first-order chi connectivity index (χ1) is 14.0. The number of nitrogens with one attached hydrogen (secondary N) is 2. The molecule has 0 aliphatic heterocycles. The third-order valence-electron chi connectivity index (χ3n) is 4.07. The smallest absolute Gasteiger partial charge is 0.240 e. The maximum atomic E-state index is 12.0. The summed E-state index contributed by atoms with van der Waals surface area (Å²) in [6, 6.07) is 12.9. The molecule has 0 unspecified atom stereocenters. The van der Waals surface area contributed by atoms with Gasteiger partial charge in [0.1, 0.15) is 0 Å². The summed E-state index contributed by atoms with van der Waals surface area (Å²) < 4.78 is 11.0. The zero-order valence-corrected chi connectivity index (χ0v) is 17.0. The van der Waals surface area contributed by atoms with Crippen molar-refractivity contribution in [3.05, 3.63) is 53.6 Å².